The van der Waals surface area contributed by atoms with E-state index < -0.39 is 17.7 Å². The monoisotopic (exact) mass is 407 g/mol. The highest BCUT2D eigenvalue weighted by Gasteiger charge is 2.34. The summed E-state index contributed by atoms with van der Waals surface area (Å²) in [6, 6.07) is 5.88. The zero-order chi connectivity index (χ0) is 20.1. The van der Waals surface area contributed by atoms with Crippen molar-refractivity contribution in [1.29, 1.82) is 0 Å². The predicted molar refractivity (Wildman–Crippen MR) is 112 cm³/mol. The van der Waals surface area contributed by atoms with E-state index in [0.717, 1.165) is 18.9 Å². The highest BCUT2D eigenvalue weighted by molar-refractivity contribution is 7.10. The van der Waals surface area contributed by atoms with Crippen LogP contribution < -0.4 is 5.32 Å². The minimum absolute atomic E-state index is 0.0617. The number of aliphatic hydroxyl groups excluding tert-OH is 1. The second kappa shape index (κ2) is 9.47. The van der Waals surface area contributed by atoms with Gasteiger partial charge < -0.3 is 10.4 Å². The van der Waals surface area contributed by atoms with Gasteiger partial charge in [0, 0.05) is 23.0 Å². The fourth-order valence-corrected chi connectivity index (χ4v) is 5.16. The topological polar surface area (TPSA) is 32.3 Å². The first-order valence-corrected chi connectivity index (χ1v) is 11.2. The summed E-state index contributed by atoms with van der Waals surface area (Å²) >= 11 is 1.82. The molecular formula is C23H31F2NOS. The molecule has 2 N–H and O–H groups in total. The molecule has 1 unspecified atom stereocenters. The number of halogens is 2. The van der Waals surface area contributed by atoms with Crippen LogP contribution >= 0.6 is 11.3 Å². The number of hydrogen-bond acceptors (Lipinski definition) is 3. The molecule has 1 aromatic heterocycles. The summed E-state index contributed by atoms with van der Waals surface area (Å²) in [5.41, 5.74) is 1.87. The number of nitrogens with one attached hydrogen (secondary N) is 1. The van der Waals surface area contributed by atoms with E-state index in [0.29, 0.717) is 30.9 Å². The number of hydrogen-bond donors (Lipinski definition) is 2. The average molecular weight is 408 g/mol. The first-order valence-electron chi connectivity index (χ1n) is 10.3. The van der Waals surface area contributed by atoms with Gasteiger partial charge in [-0.05, 0) is 66.3 Å². The van der Waals surface area contributed by atoms with Gasteiger partial charge in [-0.25, -0.2) is 8.78 Å². The summed E-state index contributed by atoms with van der Waals surface area (Å²) in [7, 11) is 0. The van der Waals surface area contributed by atoms with E-state index in [1.165, 1.54) is 41.8 Å². The Bertz CT molecular complexity index is 747. The van der Waals surface area contributed by atoms with Crippen LogP contribution in [0.2, 0.25) is 0 Å². The molecule has 2 nitrogen and oxygen atoms in total. The Kier molecular flexibility index (Phi) is 7.24. The second-order valence-electron chi connectivity index (χ2n) is 8.39. The number of aryl methyl sites for hydroxylation is 1. The Morgan fingerprint density at radius 2 is 1.75 bits per heavy atom. The Morgan fingerprint density at radius 1 is 1.07 bits per heavy atom. The van der Waals surface area contributed by atoms with Gasteiger partial charge in [-0.2, -0.15) is 0 Å². The minimum atomic E-state index is -0.567. The van der Waals surface area contributed by atoms with E-state index in [4.69, 9.17) is 0 Å². The maximum atomic E-state index is 13.3. The van der Waals surface area contributed by atoms with Crippen molar-refractivity contribution >= 4 is 11.3 Å². The smallest absolute Gasteiger partial charge is 0.126 e. The fourth-order valence-electron chi connectivity index (χ4n) is 4.13. The minimum Gasteiger partial charge on any atom is -0.392 e. The molecule has 1 fully saturated rings. The Labute approximate surface area is 171 Å². The molecule has 0 spiro atoms. The van der Waals surface area contributed by atoms with Crippen molar-refractivity contribution in [3.8, 4) is 0 Å². The van der Waals surface area contributed by atoms with Gasteiger partial charge >= 0.3 is 0 Å². The summed E-state index contributed by atoms with van der Waals surface area (Å²) in [5.74, 6) is -0.610. The van der Waals surface area contributed by atoms with Crippen LogP contribution in [0.4, 0.5) is 8.78 Å². The molecule has 1 heterocycles. The highest BCUT2D eigenvalue weighted by Crippen LogP contribution is 2.40. The molecule has 0 amide bonds. The standard InChI is InChI=1S/C23H31F2NOS/c1-16(2)22-12-18(15-28-22)23(8-4-3-5-9-23)26-14-21(27)7-6-17-10-19(24)13-20(25)11-17/h10-13,15-16,21,26-27H,3-9,14H2,1-2H3. The second-order valence-corrected chi connectivity index (χ2v) is 9.33. The van der Waals surface area contributed by atoms with Gasteiger partial charge in [-0.15, -0.1) is 11.3 Å². The van der Waals surface area contributed by atoms with E-state index in [9.17, 15) is 13.9 Å². The lowest BCUT2D eigenvalue weighted by Crippen LogP contribution is -2.46. The van der Waals surface area contributed by atoms with Crippen LogP contribution in [0.25, 0.3) is 0 Å². The summed E-state index contributed by atoms with van der Waals surface area (Å²) in [6.45, 7) is 4.93. The predicted octanol–water partition coefficient (Wildman–Crippen LogP) is 5.89. The van der Waals surface area contributed by atoms with Crippen molar-refractivity contribution in [2.75, 3.05) is 6.54 Å². The van der Waals surface area contributed by atoms with Crippen LogP contribution in [0, 0.1) is 11.6 Å². The van der Waals surface area contributed by atoms with Gasteiger partial charge in [0.15, 0.2) is 0 Å². The maximum absolute atomic E-state index is 13.3. The van der Waals surface area contributed by atoms with Crippen molar-refractivity contribution in [2.45, 2.75) is 76.4 Å². The third-order valence-electron chi connectivity index (χ3n) is 5.81. The molecule has 0 bridgehead atoms. The molecule has 1 aliphatic carbocycles. The highest BCUT2D eigenvalue weighted by atomic mass is 32.1. The van der Waals surface area contributed by atoms with Crippen LogP contribution in [0.3, 0.4) is 0 Å². The summed E-state index contributed by atoms with van der Waals surface area (Å²) < 4.78 is 26.7. The van der Waals surface area contributed by atoms with Crippen molar-refractivity contribution in [2.24, 2.45) is 0 Å². The third-order valence-corrected chi connectivity index (χ3v) is 7.05. The number of rotatable bonds is 8. The van der Waals surface area contributed by atoms with E-state index in [1.807, 2.05) is 11.3 Å². The molecule has 0 aliphatic heterocycles. The molecular weight excluding hydrogens is 376 g/mol. The molecule has 1 aliphatic rings. The lowest BCUT2D eigenvalue weighted by Gasteiger charge is -2.39. The normalized spacial score (nSPS) is 17.8. The summed E-state index contributed by atoms with van der Waals surface area (Å²) in [5, 5.41) is 16.4. The van der Waals surface area contributed by atoms with Crippen LogP contribution in [0.1, 0.15) is 74.3 Å². The number of thiophene rings is 1. The lowest BCUT2D eigenvalue weighted by atomic mass is 9.77. The number of aliphatic hydroxyl groups is 1. The van der Waals surface area contributed by atoms with Crippen molar-refractivity contribution in [1.82, 2.24) is 5.32 Å². The zero-order valence-corrected chi connectivity index (χ0v) is 17.6. The molecule has 28 heavy (non-hydrogen) atoms. The van der Waals surface area contributed by atoms with E-state index in [2.05, 4.69) is 30.6 Å². The quantitative estimate of drug-likeness (QED) is 0.572. The Hall–Kier alpha value is -1.30. The molecule has 1 aromatic carbocycles. The molecule has 0 saturated heterocycles. The van der Waals surface area contributed by atoms with Crippen molar-refractivity contribution < 1.29 is 13.9 Å². The SMILES string of the molecule is CC(C)c1cc(C2(NCC(O)CCc3cc(F)cc(F)c3)CCCCC2)cs1. The summed E-state index contributed by atoms with van der Waals surface area (Å²) in [4.78, 5) is 1.40. The molecule has 1 atom stereocenters. The Balaban J connectivity index is 1.61. The zero-order valence-electron chi connectivity index (χ0n) is 16.8. The van der Waals surface area contributed by atoms with Crippen LogP contribution in [-0.4, -0.2) is 17.8 Å². The van der Waals surface area contributed by atoms with Gasteiger partial charge in [0.25, 0.3) is 0 Å². The van der Waals surface area contributed by atoms with Crippen LogP contribution in [-0.2, 0) is 12.0 Å². The largest absolute Gasteiger partial charge is 0.392 e. The van der Waals surface area contributed by atoms with Gasteiger partial charge in [-0.3, -0.25) is 0 Å². The third kappa shape index (κ3) is 5.40. The van der Waals surface area contributed by atoms with Gasteiger partial charge in [0.05, 0.1) is 6.10 Å². The fraction of sp³-hybridized carbons (Fsp3) is 0.565. The maximum Gasteiger partial charge on any atom is 0.126 e. The van der Waals surface area contributed by atoms with Gasteiger partial charge in [-0.1, -0.05) is 33.1 Å². The Morgan fingerprint density at radius 3 is 2.36 bits per heavy atom. The van der Waals surface area contributed by atoms with Crippen LogP contribution in [0.15, 0.2) is 29.6 Å². The molecule has 154 valence electrons. The van der Waals surface area contributed by atoms with E-state index in [-0.39, 0.29) is 5.54 Å². The molecule has 2 aromatic rings. The number of benzene rings is 1. The van der Waals surface area contributed by atoms with E-state index in [1.54, 1.807) is 0 Å². The molecule has 3 rings (SSSR count). The van der Waals surface area contributed by atoms with Gasteiger partial charge in [0.2, 0.25) is 0 Å². The average Bonchev–Trinajstić information content (AvgIpc) is 3.16. The lowest BCUT2D eigenvalue weighted by molar-refractivity contribution is 0.132. The molecule has 5 heteroatoms. The first kappa shape index (κ1) is 21.4. The van der Waals surface area contributed by atoms with Gasteiger partial charge in [0.1, 0.15) is 11.6 Å². The van der Waals surface area contributed by atoms with Crippen molar-refractivity contribution in [3.05, 3.63) is 57.3 Å². The van der Waals surface area contributed by atoms with Crippen LogP contribution in [0.5, 0.6) is 0 Å². The van der Waals surface area contributed by atoms with E-state index >= 15 is 0 Å². The molecule has 0 radical (unpaired) electrons. The summed E-state index contributed by atoms with van der Waals surface area (Å²) in [6.07, 6.45) is 6.21. The van der Waals surface area contributed by atoms with Crippen molar-refractivity contribution in [3.63, 3.8) is 0 Å². The molecule has 1 saturated carbocycles. The first-order chi connectivity index (χ1) is 13.4.